The lowest BCUT2D eigenvalue weighted by Gasteiger charge is -2.20. The van der Waals surface area contributed by atoms with Crippen LogP contribution in [0.1, 0.15) is 79.4 Å². The molecule has 2 aliphatic rings. The minimum Gasteiger partial charge on any atom is -0.339 e. The highest BCUT2D eigenvalue weighted by molar-refractivity contribution is 5.92. The molecule has 0 bridgehead atoms. The molecule has 0 aromatic carbocycles. The quantitative estimate of drug-likeness (QED) is 0.911. The molecule has 1 amide bonds. The molecule has 1 aliphatic heterocycles. The Morgan fingerprint density at radius 1 is 1.42 bits per heavy atom. The van der Waals surface area contributed by atoms with Gasteiger partial charge < -0.3 is 9.42 Å². The van der Waals surface area contributed by atoms with Crippen molar-refractivity contribution in [2.75, 3.05) is 6.54 Å². The predicted octanol–water partition coefficient (Wildman–Crippen LogP) is 2.85. The number of nitrogens with zero attached hydrogens (tertiary/aromatic N) is 4. The molecular weight excluding hydrogens is 306 g/mol. The average Bonchev–Trinajstić information content (AvgIpc) is 2.97. The fourth-order valence-electron chi connectivity index (χ4n) is 3.32. The number of carbonyl (C=O) groups excluding carboxylic acids is 1. The molecule has 1 aliphatic carbocycles. The first-order valence-corrected chi connectivity index (χ1v) is 8.80. The van der Waals surface area contributed by atoms with Crippen LogP contribution < -0.4 is 0 Å². The number of carbonyl (C=O) groups is 1. The fourth-order valence-corrected chi connectivity index (χ4v) is 3.32. The predicted molar refractivity (Wildman–Crippen MR) is 86.4 cm³/mol. The first kappa shape index (κ1) is 15.4. The average molecular weight is 329 g/mol. The van der Waals surface area contributed by atoms with E-state index in [1.165, 1.54) is 0 Å². The monoisotopic (exact) mass is 329 g/mol. The normalized spacial score (nSPS) is 21.0. The zero-order chi connectivity index (χ0) is 16.7. The lowest BCUT2D eigenvalue weighted by molar-refractivity contribution is 0.0722. The Morgan fingerprint density at radius 3 is 3.00 bits per heavy atom. The molecule has 4 rings (SSSR count). The van der Waals surface area contributed by atoms with Gasteiger partial charge in [0.15, 0.2) is 5.82 Å². The van der Waals surface area contributed by atoms with Crippen LogP contribution in [0.25, 0.3) is 0 Å². The third kappa shape index (κ3) is 2.95. The second-order valence-corrected chi connectivity index (χ2v) is 7.30. The van der Waals surface area contributed by atoms with E-state index in [4.69, 9.17) is 4.52 Å². The molecule has 0 radical (unpaired) electrons. The summed E-state index contributed by atoms with van der Waals surface area (Å²) in [5, 5.41) is 11.3. The van der Waals surface area contributed by atoms with Gasteiger partial charge in [-0.25, -0.2) is 0 Å². The van der Waals surface area contributed by atoms with Gasteiger partial charge in [0.2, 0.25) is 5.89 Å². The van der Waals surface area contributed by atoms with Crippen molar-refractivity contribution in [2.45, 2.75) is 57.9 Å². The summed E-state index contributed by atoms with van der Waals surface area (Å²) in [6, 6.07) is 1.77. The molecular formula is C17H23N5O2. The van der Waals surface area contributed by atoms with Gasteiger partial charge in [0.05, 0.1) is 6.04 Å². The van der Waals surface area contributed by atoms with Gasteiger partial charge >= 0.3 is 0 Å². The van der Waals surface area contributed by atoms with Crippen LogP contribution in [-0.4, -0.2) is 37.7 Å². The van der Waals surface area contributed by atoms with Crippen LogP contribution >= 0.6 is 0 Å². The van der Waals surface area contributed by atoms with Crippen LogP contribution in [0.2, 0.25) is 0 Å². The van der Waals surface area contributed by atoms with Gasteiger partial charge in [-0.05, 0) is 44.1 Å². The van der Waals surface area contributed by atoms with Crippen LogP contribution in [-0.2, 0) is 6.42 Å². The van der Waals surface area contributed by atoms with E-state index in [0.717, 1.165) is 43.7 Å². The molecule has 24 heavy (non-hydrogen) atoms. The number of nitrogens with one attached hydrogen (secondary N) is 1. The van der Waals surface area contributed by atoms with Crippen LogP contribution in [0.4, 0.5) is 0 Å². The summed E-state index contributed by atoms with van der Waals surface area (Å²) in [7, 11) is 0. The zero-order valence-corrected chi connectivity index (χ0v) is 14.2. The molecule has 1 atom stereocenters. The minimum atomic E-state index is -0.0981. The molecule has 0 spiro atoms. The lowest BCUT2D eigenvalue weighted by atomic mass is 10.1. The smallest absolute Gasteiger partial charge is 0.274 e. The van der Waals surface area contributed by atoms with Gasteiger partial charge in [-0.1, -0.05) is 19.0 Å². The number of hydrogen-bond donors (Lipinski definition) is 1. The second kappa shape index (κ2) is 6.03. The summed E-state index contributed by atoms with van der Waals surface area (Å²) in [6.45, 7) is 5.00. The summed E-state index contributed by atoms with van der Waals surface area (Å²) in [4.78, 5) is 19.2. The second-order valence-electron chi connectivity index (χ2n) is 7.30. The summed E-state index contributed by atoms with van der Waals surface area (Å²) in [6.07, 6.45) is 4.96. The third-order valence-electron chi connectivity index (χ3n) is 4.67. The number of aromatic amines is 1. The third-order valence-corrected chi connectivity index (χ3v) is 4.67. The number of likely N-dealkylation sites (tertiary alicyclic amines) is 1. The molecule has 2 aromatic heterocycles. The van der Waals surface area contributed by atoms with Crippen LogP contribution in [0.5, 0.6) is 0 Å². The topological polar surface area (TPSA) is 87.9 Å². The molecule has 1 N–H and O–H groups in total. The van der Waals surface area contributed by atoms with Gasteiger partial charge in [-0.2, -0.15) is 10.1 Å². The van der Waals surface area contributed by atoms with Gasteiger partial charge in [-0.3, -0.25) is 9.89 Å². The van der Waals surface area contributed by atoms with Crippen molar-refractivity contribution in [3.63, 3.8) is 0 Å². The maximum Gasteiger partial charge on any atom is 0.274 e. The number of H-pyrrole nitrogens is 1. The largest absolute Gasteiger partial charge is 0.339 e. The van der Waals surface area contributed by atoms with Crippen molar-refractivity contribution in [2.24, 2.45) is 5.92 Å². The maximum absolute atomic E-state index is 12.8. The van der Waals surface area contributed by atoms with E-state index in [0.29, 0.717) is 29.9 Å². The molecule has 128 valence electrons. The van der Waals surface area contributed by atoms with Gasteiger partial charge in [0, 0.05) is 18.2 Å². The molecule has 7 nitrogen and oxygen atoms in total. The molecule has 3 heterocycles. The van der Waals surface area contributed by atoms with Gasteiger partial charge in [0.25, 0.3) is 5.91 Å². The summed E-state index contributed by atoms with van der Waals surface area (Å²) in [5.74, 6) is 2.26. The zero-order valence-electron chi connectivity index (χ0n) is 14.2. The van der Waals surface area contributed by atoms with E-state index in [1.54, 1.807) is 0 Å². The lowest BCUT2D eigenvalue weighted by Crippen LogP contribution is -2.31. The molecule has 2 fully saturated rings. The van der Waals surface area contributed by atoms with Crippen molar-refractivity contribution >= 4 is 5.91 Å². The molecule has 7 heteroatoms. The van der Waals surface area contributed by atoms with E-state index in [9.17, 15) is 4.79 Å². The van der Waals surface area contributed by atoms with Crippen molar-refractivity contribution in [1.29, 1.82) is 0 Å². The Kier molecular flexibility index (Phi) is 3.86. The first-order chi connectivity index (χ1) is 11.6. The van der Waals surface area contributed by atoms with E-state index in [2.05, 4.69) is 34.2 Å². The van der Waals surface area contributed by atoms with Crippen molar-refractivity contribution in [3.05, 3.63) is 29.2 Å². The Labute approximate surface area is 140 Å². The Bertz CT molecular complexity index is 731. The van der Waals surface area contributed by atoms with Crippen molar-refractivity contribution < 1.29 is 9.32 Å². The fraction of sp³-hybridized carbons (Fsp3) is 0.647. The molecule has 1 saturated heterocycles. The summed E-state index contributed by atoms with van der Waals surface area (Å²) < 4.78 is 5.36. The van der Waals surface area contributed by atoms with Crippen molar-refractivity contribution in [3.8, 4) is 0 Å². The number of rotatable bonds is 5. The Hall–Kier alpha value is -2.18. The van der Waals surface area contributed by atoms with E-state index in [1.807, 2.05) is 11.0 Å². The number of hydrogen-bond acceptors (Lipinski definition) is 5. The Morgan fingerprint density at radius 2 is 2.25 bits per heavy atom. The van der Waals surface area contributed by atoms with Crippen LogP contribution in [0.15, 0.2) is 10.6 Å². The highest BCUT2D eigenvalue weighted by Crippen LogP contribution is 2.40. The summed E-state index contributed by atoms with van der Waals surface area (Å²) in [5.41, 5.74) is 1.48. The SMILES string of the molecule is CC(C)Cc1cc(C(=O)N2CCC[C@H]2c2noc(C3CC3)n2)n[nH]1. The Balaban J connectivity index is 1.50. The molecule has 2 aromatic rings. The van der Waals surface area contributed by atoms with E-state index >= 15 is 0 Å². The van der Waals surface area contributed by atoms with Gasteiger partial charge in [-0.15, -0.1) is 0 Å². The summed E-state index contributed by atoms with van der Waals surface area (Å²) >= 11 is 0. The van der Waals surface area contributed by atoms with Crippen LogP contribution in [0.3, 0.4) is 0 Å². The van der Waals surface area contributed by atoms with E-state index in [-0.39, 0.29) is 11.9 Å². The maximum atomic E-state index is 12.8. The van der Waals surface area contributed by atoms with E-state index < -0.39 is 0 Å². The molecule has 1 saturated carbocycles. The van der Waals surface area contributed by atoms with Crippen LogP contribution in [0, 0.1) is 5.92 Å². The van der Waals surface area contributed by atoms with Gasteiger partial charge in [0.1, 0.15) is 5.69 Å². The number of amides is 1. The highest BCUT2D eigenvalue weighted by atomic mass is 16.5. The highest BCUT2D eigenvalue weighted by Gasteiger charge is 2.37. The minimum absolute atomic E-state index is 0.0541. The standard InChI is InChI=1S/C17H23N5O2/c1-10(2)8-12-9-13(20-19-12)17(23)22-7-3-4-14(22)15-18-16(24-21-15)11-5-6-11/h9-11,14H,3-8H2,1-2H3,(H,19,20)/t14-/m0/s1. The van der Waals surface area contributed by atoms with Crippen molar-refractivity contribution in [1.82, 2.24) is 25.2 Å². The first-order valence-electron chi connectivity index (χ1n) is 8.80. The number of aromatic nitrogens is 4. The molecule has 0 unspecified atom stereocenters.